The van der Waals surface area contributed by atoms with E-state index in [2.05, 4.69) is 52.5 Å². The molecular formula is C22H30N6O6S2. The van der Waals surface area contributed by atoms with Crippen molar-refractivity contribution in [2.75, 3.05) is 31.1 Å². The molecule has 2 atom stereocenters. The monoisotopic (exact) mass is 538 g/mol. The lowest BCUT2D eigenvalue weighted by atomic mass is 10.0. The number of hydrogen-bond donors (Lipinski definition) is 3. The number of nitrogens with zero attached hydrogens (tertiary/aromatic N) is 4. The van der Waals surface area contributed by atoms with E-state index in [0.29, 0.717) is 11.3 Å². The number of oxime groups is 1. The summed E-state index contributed by atoms with van der Waals surface area (Å²) in [6.45, 7) is 14.8. The quantitative estimate of drug-likeness (QED) is 0.180. The number of amides is 2. The van der Waals surface area contributed by atoms with Crippen molar-refractivity contribution in [3.05, 3.63) is 35.0 Å². The predicted molar refractivity (Wildman–Crippen MR) is 138 cm³/mol. The van der Waals surface area contributed by atoms with E-state index in [-0.39, 0.29) is 22.2 Å². The Balaban J connectivity index is 0.000000572. The van der Waals surface area contributed by atoms with Crippen molar-refractivity contribution in [1.82, 2.24) is 20.1 Å². The molecule has 3 rings (SSSR count). The van der Waals surface area contributed by atoms with Gasteiger partial charge < -0.3 is 25.9 Å². The molecule has 2 aliphatic heterocycles. The first-order chi connectivity index (χ1) is 17.1. The second-order valence-electron chi connectivity index (χ2n) is 7.46. The zero-order valence-corrected chi connectivity index (χ0v) is 22.1. The predicted octanol–water partition coefficient (Wildman–Crippen LogP) is 1.27. The van der Waals surface area contributed by atoms with Gasteiger partial charge in [-0.05, 0) is 25.2 Å². The van der Waals surface area contributed by atoms with Crippen LogP contribution >= 0.6 is 23.1 Å². The minimum Gasteiger partial charge on any atom is -0.477 e. The number of anilines is 1. The molecule has 0 aromatic carbocycles. The number of allylic oxidation sites excluding steroid dienone is 1. The van der Waals surface area contributed by atoms with E-state index in [4.69, 9.17) is 5.73 Å². The van der Waals surface area contributed by atoms with Crippen molar-refractivity contribution < 1.29 is 29.1 Å². The van der Waals surface area contributed by atoms with E-state index in [1.807, 2.05) is 0 Å². The smallest absolute Gasteiger partial charge is 0.352 e. The van der Waals surface area contributed by atoms with E-state index in [9.17, 15) is 24.3 Å². The van der Waals surface area contributed by atoms with E-state index < -0.39 is 35.2 Å². The molecule has 3 heterocycles. The van der Waals surface area contributed by atoms with Crippen LogP contribution in [0.25, 0.3) is 0 Å². The van der Waals surface area contributed by atoms with Crippen molar-refractivity contribution >= 4 is 57.7 Å². The molecule has 0 saturated carbocycles. The van der Waals surface area contributed by atoms with Crippen LogP contribution in [0.1, 0.15) is 33.4 Å². The normalized spacial score (nSPS) is 19.1. The number of rotatable bonds is 9. The second kappa shape index (κ2) is 13.2. The molecule has 12 nitrogen and oxygen atoms in total. The van der Waals surface area contributed by atoms with Crippen LogP contribution in [0, 0.1) is 0 Å². The number of thioether (sulfide) groups is 1. The molecule has 36 heavy (non-hydrogen) atoms. The van der Waals surface area contributed by atoms with Gasteiger partial charge in [0.2, 0.25) is 0 Å². The SMILES string of the molecule is C=CC1=C(C(=O)O)N2C(=O)[C@@H](NC(=O)/C(=N\OC(C)=O)c3csc(N)n3)[C@H]2SC1.CCN(CC)CC. The highest BCUT2D eigenvalue weighted by Crippen LogP contribution is 2.40. The van der Waals surface area contributed by atoms with Gasteiger partial charge in [0.1, 0.15) is 22.8 Å². The van der Waals surface area contributed by atoms with Crippen molar-refractivity contribution in [3.8, 4) is 0 Å². The van der Waals surface area contributed by atoms with Gasteiger partial charge in [0.25, 0.3) is 11.8 Å². The molecule has 1 aromatic heterocycles. The van der Waals surface area contributed by atoms with Gasteiger partial charge in [0.05, 0.1) is 0 Å². The van der Waals surface area contributed by atoms with Crippen LogP contribution in [-0.2, 0) is 24.0 Å². The highest BCUT2D eigenvalue weighted by Gasteiger charge is 2.54. The zero-order chi connectivity index (χ0) is 27.0. The van der Waals surface area contributed by atoms with E-state index in [1.165, 1.54) is 42.9 Å². The first-order valence-corrected chi connectivity index (χ1v) is 13.1. The molecule has 1 aromatic rings. The third-order valence-corrected chi connectivity index (χ3v) is 7.30. The summed E-state index contributed by atoms with van der Waals surface area (Å²) in [5.41, 5.74) is 5.58. The fourth-order valence-corrected chi connectivity index (χ4v) is 5.28. The number of carboxylic acids is 1. The number of hydrogen-bond acceptors (Lipinski definition) is 11. The molecule has 0 bridgehead atoms. The molecule has 14 heteroatoms. The first kappa shape index (κ1) is 29.0. The maximum Gasteiger partial charge on any atom is 0.352 e. The summed E-state index contributed by atoms with van der Waals surface area (Å²) >= 11 is 2.34. The fraction of sp³-hybridized carbons (Fsp3) is 0.455. The number of carboxylic acid groups (broad SMARTS) is 1. The molecule has 2 amide bonds. The fourth-order valence-electron chi connectivity index (χ4n) is 3.39. The van der Waals surface area contributed by atoms with Crippen LogP contribution in [-0.4, -0.2) is 86.2 Å². The number of carbonyl (C=O) groups is 4. The summed E-state index contributed by atoms with van der Waals surface area (Å²) in [5.74, 6) is -3.08. The van der Waals surface area contributed by atoms with Gasteiger partial charge in [-0.25, -0.2) is 14.6 Å². The van der Waals surface area contributed by atoms with Crippen molar-refractivity contribution in [3.63, 3.8) is 0 Å². The minimum absolute atomic E-state index is 0.0752. The summed E-state index contributed by atoms with van der Waals surface area (Å²) in [5, 5.41) is 16.5. The van der Waals surface area contributed by atoms with E-state index in [1.54, 1.807) is 0 Å². The van der Waals surface area contributed by atoms with Crippen LogP contribution in [0.5, 0.6) is 0 Å². The Kier molecular flexibility index (Phi) is 10.6. The summed E-state index contributed by atoms with van der Waals surface area (Å²) in [4.78, 5) is 59.8. The Morgan fingerprint density at radius 1 is 1.36 bits per heavy atom. The summed E-state index contributed by atoms with van der Waals surface area (Å²) in [6.07, 6.45) is 1.39. The number of aliphatic carboxylic acids is 1. The Hall–Kier alpha value is -3.23. The van der Waals surface area contributed by atoms with E-state index >= 15 is 0 Å². The zero-order valence-electron chi connectivity index (χ0n) is 20.5. The number of nitrogens with one attached hydrogen (secondary N) is 1. The average Bonchev–Trinajstić information content (AvgIpc) is 3.28. The molecule has 4 N–H and O–H groups in total. The maximum atomic E-state index is 12.7. The topological polar surface area (TPSA) is 168 Å². The van der Waals surface area contributed by atoms with Crippen LogP contribution in [0.2, 0.25) is 0 Å². The molecule has 0 radical (unpaired) electrons. The Morgan fingerprint density at radius 2 is 2.00 bits per heavy atom. The molecule has 1 fully saturated rings. The summed E-state index contributed by atoms with van der Waals surface area (Å²) in [7, 11) is 0. The van der Waals surface area contributed by atoms with Gasteiger partial charge in [0, 0.05) is 18.1 Å². The number of thiazole rings is 1. The number of nitrogen functional groups attached to an aromatic ring is 1. The maximum absolute atomic E-state index is 12.7. The van der Waals surface area contributed by atoms with Gasteiger partial charge in [-0.3, -0.25) is 14.5 Å². The average molecular weight is 539 g/mol. The number of aromatic nitrogens is 1. The largest absolute Gasteiger partial charge is 0.477 e. The third kappa shape index (κ3) is 6.71. The Morgan fingerprint density at radius 3 is 2.44 bits per heavy atom. The van der Waals surface area contributed by atoms with Gasteiger partial charge in [0.15, 0.2) is 10.8 Å². The third-order valence-electron chi connectivity index (χ3n) is 5.32. The van der Waals surface area contributed by atoms with Gasteiger partial charge in [-0.15, -0.1) is 23.1 Å². The van der Waals surface area contributed by atoms with Crippen LogP contribution in [0.15, 0.2) is 34.5 Å². The summed E-state index contributed by atoms with van der Waals surface area (Å²) < 4.78 is 0. The van der Waals surface area contributed by atoms with Gasteiger partial charge >= 0.3 is 11.9 Å². The number of β-lactam (4-membered cyclic amide) rings is 1. The van der Waals surface area contributed by atoms with Crippen LogP contribution in [0.3, 0.4) is 0 Å². The van der Waals surface area contributed by atoms with Gasteiger partial charge in [-0.1, -0.05) is 38.6 Å². The molecular weight excluding hydrogens is 508 g/mol. The van der Waals surface area contributed by atoms with Gasteiger partial charge in [-0.2, -0.15) is 0 Å². The van der Waals surface area contributed by atoms with Crippen LogP contribution in [0.4, 0.5) is 5.13 Å². The second-order valence-corrected chi connectivity index (χ2v) is 9.45. The number of nitrogens with two attached hydrogens (primary N) is 1. The first-order valence-electron chi connectivity index (χ1n) is 11.1. The molecule has 2 aliphatic rings. The lowest BCUT2D eigenvalue weighted by Crippen LogP contribution is -2.71. The molecule has 0 spiro atoms. The summed E-state index contributed by atoms with van der Waals surface area (Å²) in [6, 6.07) is -0.980. The molecule has 196 valence electrons. The number of fused-ring (bicyclic) bond motifs is 1. The molecule has 0 unspecified atom stereocenters. The minimum atomic E-state index is -1.25. The van der Waals surface area contributed by atoms with Crippen LogP contribution < -0.4 is 11.1 Å². The lowest BCUT2D eigenvalue weighted by molar-refractivity contribution is -0.150. The van der Waals surface area contributed by atoms with Crippen molar-refractivity contribution in [2.24, 2.45) is 5.16 Å². The van der Waals surface area contributed by atoms with Crippen molar-refractivity contribution in [2.45, 2.75) is 39.1 Å². The van der Waals surface area contributed by atoms with E-state index in [0.717, 1.165) is 23.2 Å². The standard InChI is InChI=1S/C16H15N5O6S2.C6H15N/c1-3-7-4-28-14-10(13(24)21(14)11(7)15(25)26)19-12(23)9(20-27-6(2)22)8-5-29-16(17)18-8;1-4-7(5-2)6-3/h3,5,10,14H,1,4H2,2H3,(H2,17,18)(H,19,23)(H,25,26);4-6H2,1-3H3/b20-9-;/t10-,14-;/m1./s1. The number of carbonyl (C=O) groups excluding carboxylic acids is 3. The Labute approximate surface area is 217 Å². The lowest BCUT2D eigenvalue weighted by Gasteiger charge is -2.49. The Bertz CT molecular complexity index is 1080. The molecule has 1 saturated heterocycles. The highest BCUT2D eigenvalue weighted by atomic mass is 32.2. The van der Waals surface area contributed by atoms with Crippen molar-refractivity contribution in [1.29, 1.82) is 0 Å². The molecule has 0 aliphatic carbocycles. The highest BCUT2D eigenvalue weighted by molar-refractivity contribution is 8.00.